The van der Waals surface area contributed by atoms with Crippen LogP contribution in [0, 0.1) is 5.92 Å². The Morgan fingerprint density at radius 2 is 1.67 bits per heavy atom. The standard InChI is InChI=1S/C10H18N2O3/c1-4-5(2)7-9(14)12-8(6(3)13)10(15)11-7/h5-8,13H,4H2,1-3H3,(H,11,15)(H,12,14)/t5-,6-,7-,8-/m0/s1. The van der Waals surface area contributed by atoms with Crippen LogP contribution in [0.15, 0.2) is 0 Å². The summed E-state index contributed by atoms with van der Waals surface area (Å²) in [7, 11) is 0. The van der Waals surface area contributed by atoms with Crippen molar-refractivity contribution < 1.29 is 14.7 Å². The largest absolute Gasteiger partial charge is 0.391 e. The van der Waals surface area contributed by atoms with E-state index in [4.69, 9.17) is 0 Å². The zero-order chi connectivity index (χ0) is 11.6. The van der Waals surface area contributed by atoms with Gasteiger partial charge in [-0.25, -0.2) is 0 Å². The van der Waals surface area contributed by atoms with Gasteiger partial charge >= 0.3 is 0 Å². The summed E-state index contributed by atoms with van der Waals surface area (Å²) in [6.45, 7) is 5.35. The summed E-state index contributed by atoms with van der Waals surface area (Å²) in [5, 5.41) is 14.4. The first-order chi connectivity index (χ1) is 6.97. The molecule has 1 aliphatic rings. The van der Waals surface area contributed by atoms with Gasteiger partial charge in [0.05, 0.1) is 6.10 Å². The number of hydrogen-bond acceptors (Lipinski definition) is 3. The first-order valence-corrected chi connectivity index (χ1v) is 5.26. The molecule has 1 saturated heterocycles. The van der Waals surface area contributed by atoms with Gasteiger partial charge in [-0.3, -0.25) is 9.59 Å². The van der Waals surface area contributed by atoms with E-state index in [-0.39, 0.29) is 17.7 Å². The van der Waals surface area contributed by atoms with Crippen molar-refractivity contribution in [3.63, 3.8) is 0 Å². The minimum absolute atomic E-state index is 0.101. The van der Waals surface area contributed by atoms with Gasteiger partial charge < -0.3 is 15.7 Å². The Morgan fingerprint density at radius 3 is 2.13 bits per heavy atom. The predicted molar refractivity (Wildman–Crippen MR) is 55.0 cm³/mol. The Labute approximate surface area is 89.2 Å². The third-order valence-corrected chi connectivity index (χ3v) is 2.86. The van der Waals surface area contributed by atoms with E-state index < -0.39 is 18.2 Å². The number of nitrogens with one attached hydrogen (secondary N) is 2. The number of aliphatic hydroxyl groups is 1. The highest BCUT2D eigenvalue weighted by Gasteiger charge is 2.37. The van der Waals surface area contributed by atoms with Crippen molar-refractivity contribution in [3.05, 3.63) is 0 Å². The molecule has 2 amide bonds. The molecule has 0 bridgehead atoms. The van der Waals surface area contributed by atoms with Crippen molar-refractivity contribution in [1.82, 2.24) is 10.6 Å². The molecule has 0 aliphatic carbocycles. The number of amides is 2. The Balaban J connectivity index is 2.71. The molecule has 3 N–H and O–H groups in total. The topological polar surface area (TPSA) is 78.4 Å². The smallest absolute Gasteiger partial charge is 0.245 e. The highest BCUT2D eigenvalue weighted by Crippen LogP contribution is 2.12. The Hall–Kier alpha value is -1.10. The van der Waals surface area contributed by atoms with Crippen LogP contribution < -0.4 is 10.6 Å². The van der Waals surface area contributed by atoms with E-state index in [0.29, 0.717) is 0 Å². The summed E-state index contributed by atoms with van der Waals surface area (Å²) in [4.78, 5) is 23.1. The molecule has 1 heterocycles. The van der Waals surface area contributed by atoms with Crippen LogP contribution in [-0.2, 0) is 9.59 Å². The van der Waals surface area contributed by atoms with Crippen LogP contribution in [0.5, 0.6) is 0 Å². The monoisotopic (exact) mass is 214 g/mol. The van der Waals surface area contributed by atoms with E-state index in [1.54, 1.807) is 0 Å². The molecule has 4 atom stereocenters. The third kappa shape index (κ3) is 2.47. The molecule has 0 aromatic carbocycles. The first kappa shape index (κ1) is 12.0. The maximum Gasteiger partial charge on any atom is 0.245 e. The minimum atomic E-state index is -0.869. The van der Waals surface area contributed by atoms with Crippen molar-refractivity contribution in [2.45, 2.75) is 45.4 Å². The number of rotatable bonds is 3. The number of carbonyl (C=O) groups excluding carboxylic acids is 2. The SMILES string of the molecule is CC[C@H](C)[C@@H]1NC(=O)[C@H]([C@H](C)O)NC1=O. The van der Waals surface area contributed by atoms with Gasteiger partial charge in [-0.05, 0) is 12.8 Å². The Bertz CT molecular complexity index is 265. The number of piperazine rings is 1. The summed E-state index contributed by atoms with van der Waals surface area (Å²) in [5.74, 6) is -0.423. The van der Waals surface area contributed by atoms with Crippen LogP contribution in [-0.4, -0.2) is 35.1 Å². The summed E-state index contributed by atoms with van der Waals surface area (Å²) in [5.41, 5.74) is 0. The summed E-state index contributed by atoms with van der Waals surface area (Å²) >= 11 is 0. The molecule has 5 nitrogen and oxygen atoms in total. The molecule has 1 aliphatic heterocycles. The van der Waals surface area contributed by atoms with E-state index >= 15 is 0 Å². The molecular formula is C10H18N2O3. The molecule has 0 saturated carbocycles. The second-order valence-electron chi connectivity index (χ2n) is 4.10. The summed E-state index contributed by atoms with van der Waals surface area (Å²) in [6, 6.07) is -1.30. The quantitative estimate of drug-likeness (QED) is 0.587. The lowest BCUT2D eigenvalue weighted by molar-refractivity contribution is -0.140. The van der Waals surface area contributed by atoms with Gasteiger partial charge in [0.1, 0.15) is 12.1 Å². The van der Waals surface area contributed by atoms with Crippen molar-refractivity contribution in [1.29, 1.82) is 0 Å². The van der Waals surface area contributed by atoms with Crippen molar-refractivity contribution in [2.24, 2.45) is 5.92 Å². The third-order valence-electron chi connectivity index (χ3n) is 2.86. The van der Waals surface area contributed by atoms with E-state index in [2.05, 4.69) is 10.6 Å². The molecule has 0 unspecified atom stereocenters. The Kier molecular flexibility index (Phi) is 3.68. The van der Waals surface area contributed by atoms with Gasteiger partial charge in [0.25, 0.3) is 0 Å². The second kappa shape index (κ2) is 4.61. The zero-order valence-electron chi connectivity index (χ0n) is 9.28. The van der Waals surface area contributed by atoms with Gasteiger partial charge in [0, 0.05) is 0 Å². The molecule has 0 radical (unpaired) electrons. The molecule has 5 heteroatoms. The van der Waals surface area contributed by atoms with Gasteiger partial charge in [0.15, 0.2) is 0 Å². The van der Waals surface area contributed by atoms with Crippen molar-refractivity contribution >= 4 is 11.8 Å². The van der Waals surface area contributed by atoms with Crippen LogP contribution in [0.2, 0.25) is 0 Å². The van der Waals surface area contributed by atoms with Crippen LogP contribution in [0.1, 0.15) is 27.2 Å². The molecular weight excluding hydrogens is 196 g/mol. The highest BCUT2D eigenvalue weighted by atomic mass is 16.3. The lowest BCUT2D eigenvalue weighted by atomic mass is 9.95. The van der Waals surface area contributed by atoms with Crippen LogP contribution in [0.3, 0.4) is 0 Å². The average Bonchev–Trinajstić information content (AvgIpc) is 2.19. The number of aliphatic hydroxyl groups excluding tert-OH is 1. The van der Waals surface area contributed by atoms with Crippen molar-refractivity contribution in [3.8, 4) is 0 Å². The second-order valence-corrected chi connectivity index (χ2v) is 4.10. The molecule has 1 rings (SSSR count). The molecule has 15 heavy (non-hydrogen) atoms. The fourth-order valence-electron chi connectivity index (χ4n) is 1.59. The van der Waals surface area contributed by atoms with E-state index in [1.165, 1.54) is 6.92 Å². The van der Waals surface area contributed by atoms with Crippen LogP contribution >= 0.6 is 0 Å². The molecule has 1 fully saturated rings. The van der Waals surface area contributed by atoms with E-state index in [0.717, 1.165) is 6.42 Å². The molecule has 0 aromatic heterocycles. The van der Waals surface area contributed by atoms with Crippen LogP contribution in [0.4, 0.5) is 0 Å². The molecule has 86 valence electrons. The van der Waals surface area contributed by atoms with E-state index in [1.807, 2.05) is 13.8 Å². The number of carbonyl (C=O) groups is 2. The first-order valence-electron chi connectivity index (χ1n) is 5.26. The van der Waals surface area contributed by atoms with Crippen molar-refractivity contribution in [2.75, 3.05) is 0 Å². The van der Waals surface area contributed by atoms with Crippen LogP contribution in [0.25, 0.3) is 0 Å². The summed E-state index contributed by atoms with van der Waals surface area (Å²) in [6.07, 6.45) is -0.0515. The fraction of sp³-hybridized carbons (Fsp3) is 0.800. The normalized spacial score (nSPS) is 30.4. The lowest BCUT2D eigenvalue weighted by Crippen LogP contribution is -2.66. The molecule has 0 spiro atoms. The average molecular weight is 214 g/mol. The van der Waals surface area contributed by atoms with E-state index in [9.17, 15) is 14.7 Å². The highest BCUT2D eigenvalue weighted by molar-refractivity contribution is 5.97. The van der Waals surface area contributed by atoms with Gasteiger partial charge in [-0.15, -0.1) is 0 Å². The Morgan fingerprint density at radius 1 is 1.20 bits per heavy atom. The predicted octanol–water partition coefficient (Wildman–Crippen LogP) is -0.603. The minimum Gasteiger partial charge on any atom is -0.391 e. The lowest BCUT2D eigenvalue weighted by Gasteiger charge is -2.33. The maximum absolute atomic E-state index is 11.6. The van der Waals surface area contributed by atoms with Gasteiger partial charge in [-0.1, -0.05) is 20.3 Å². The van der Waals surface area contributed by atoms with Gasteiger partial charge in [-0.2, -0.15) is 0 Å². The summed E-state index contributed by atoms with van der Waals surface area (Å²) < 4.78 is 0. The van der Waals surface area contributed by atoms with Gasteiger partial charge in [0.2, 0.25) is 11.8 Å². The zero-order valence-corrected chi connectivity index (χ0v) is 9.28. The molecule has 0 aromatic rings. The number of hydrogen-bond donors (Lipinski definition) is 3. The maximum atomic E-state index is 11.6. The fourth-order valence-corrected chi connectivity index (χ4v) is 1.59.